The zero-order valence-electron chi connectivity index (χ0n) is 8.83. The average molecular weight is 264 g/mol. The summed E-state index contributed by atoms with van der Waals surface area (Å²) in [7, 11) is 2.83. The summed E-state index contributed by atoms with van der Waals surface area (Å²) in [6.07, 6.45) is 1.36. The molecule has 0 aromatic carbocycles. The number of amides is 1. The Kier molecular flexibility index (Phi) is 4.49. The number of hydrogen-bond acceptors (Lipinski definition) is 4. The van der Waals surface area contributed by atoms with E-state index in [0.717, 1.165) is 5.06 Å². The Bertz CT molecular complexity index is 412. The van der Waals surface area contributed by atoms with Crippen molar-refractivity contribution in [1.29, 1.82) is 0 Å². The van der Waals surface area contributed by atoms with Gasteiger partial charge in [0.25, 0.3) is 5.91 Å². The fraction of sp³-hybridized carbons (Fsp3) is 0.333. The van der Waals surface area contributed by atoms with E-state index < -0.39 is 5.91 Å². The maximum atomic E-state index is 11.9. The maximum Gasteiger partial charge on any atom is 0.280 e. The van der Waals surface area contributed by atoms with Crippen molar-refractivity contribution in [3.8, 4) is 0 Å². The topological polar surface area (TPSA) is 68.5 Å². The monoisotopic (exact) mass is 263 g/mol. The minimum absolute atomic E-state index is 0.0544. The first-order valence-corrected chi connectivity index (χ1v) is 5.13. The third kappa shape index (κ3) is 2.44. The Morgan fingerprint density at radius 2 is 2.25 bits per heavy atom. The molecular formula is C9H11Cl2N3O2. The van der Waals surface area contributed by atoms with E-state index in [0.29, 0.717) is 10.6 Å². The van der Waals surface area contributed by atoms with Gasteiger partial charge in [0.1, 0.15) is 5.15 Å². The molecule has 0 aliphatic heterocycles. The summed E-state index contributed by atoms with van der Waals surface area (Å²) >= 11 is 11.7. The van der Waals surface area contributed by atoms with Crippen molar-refractivity contribution >= 4 is 29.1 Å². The fourth-order valence-corrected chi connectivity index (χ4v) is 1.62. The molecule has 0 atom stereocenters. The number of nitrogens with zero attached hydrogens (tertiary/aromatic N) is 2. The van der Waals surface area contributed by atoms with Crippen LogP contribution < -0.4 is 5.73 Å². The minimum Gasteiger partial charge on any atom is -0.326 e. The van der Waals surface area contributed by atoms with Crippen molar-refractivity contribution in [2.75, 3.05) is 14.2 Å². The molecule has 7 heteroatoms. The predicted molar refractivity (Wildman–Crippen MR) is 61.3 cm³/mol. The van der Waals surface area contributed by atoms with Gasteiger partial charge in [-0.05, 0) is 0 Å². The zero-order valence-corrected chi connectivity index (χ0v) is 10.3. The second-order valence-corrected chi connectivity index (χ2v) is 3.71. The molecule has 1 aromatic heterocycles. The Balaban J connectivity index is 3.31. The van der Waals surface area contributed by atoms with Gasteiger partial charge in [-0.2, -0.15) is 0 Å². The number of hydroxylamine groups is 2. The quantitative estimate of drug-likeness (QED) is 0.663. The largest absolute Gasteiger partial charge is 0.326 e. The zero-order chi connectivity index (χ0) is 12.3. The number of carbonyl (C=O) groups is 1. The first kappa shape index (κ1) is 13.2. The van der Waals surface area contributed by atoms with E-state index in [-0.39, 0.29) is 17.3 Å². The average Bonchev–Trinajstić information content (AvgIpc) is 2.29. The highest BCUT2D eigenvalue weighted by Gasteiger charge is 2.21. The van der Waals surface area contributed by atoms with Gasteiger partial charge in [-0.3, -0.25) is 9.63 Å². The predicted octanol–water partition coefficient (Wildman–Crippen LogP) is 1.48. The molecule has 0 saturated carbocycles. The highest BCUT2D eigenvalue weighted by atomic mass is 35.5. The van der Waals surface area contributed by atoms with Crippen LogP contribution in [0.1, 0.15) is 15.9 Å². The van der Waals surface area contributed by atoms with E-state index in [9.17, 15) is 4.79 Å². The summed E-state index contributed by atoms with van der Waals surface area (Å²) in [5, 5.41) is 1.39. The van der Waals surface area contributed by atoms with Crippen LogP contribution in [0.4, 0.5) is 0 Å². The standard InChI is InChI=1S/C9H11Cl2N3O2/c1-14(16-2)9(15)7-5(3-12)6(10)4-13-8(7)11/h4H,3,12H2,1-2H3. The van der Waals surface area contributed by atoms with E-state index in [1.54, 1.807) is 0 Å². The van der Waals surface area contributed by atoms with Crippen molar-refractivity contribution in [1.82, 2.24) is 10.0 Å². The number of nitrogens with two attached hydrogens (primary N) is 1. The van der Waals surface area contributed by atoms with Crippen LogP contribution in [0, 0.1) is 0 Å². The van der Waals surface area contributed by atoms with Crippen LogP contribution in [0.2, 0.25) is 10.2 Å². The second-order valence-electron chi connectivity index (χ2n) is 2.94. The second kappa shape index (κ2) is 5.45. The van der Waals surface area contributed by atoms with Crippen molar-refractivity contribution in [3.05, 3.63) is 27.5 Å². The van der Waals surface area contributed by atoms with Crippen LogP contribution in [0.3, 0.4) is 0 Å². The number of rotatable bonds is 3. The molecule has 1 amide bonds. The number of pyridine rings is 1. The number of hydrogen-bond donors (Lipinski definition) is 1. The van der Waals surface area contributed by atoms with Crippen molar-refractivity contribution in [3.63, 3.8) is 0 Å². The molecule has 0 saturated heterocycles. The number of halogens is 2. The summed E-state index contributed by atoms with van der Waals surface area (Å²) in [6.45, 7) is 0.0969. The lowest BCUT2D eigenvalue weighted by Gasteiger charge is -2.16. The molecule has 0 aliphatic carbocycles. The van der Waals surface area contributed by atoms with Crippen molar-refractivity contribution in [2.24, 2.45) is 5.73 Å². The normalized spacial score (nSPS) is 10.3. The molecule has 0 radical (unpaired) electrons. The van der Waals surface area contributed by atoms with Gasteiger partial charge in [0.05, 0.1) is 17.7 Å². The molecule has 1 rings (SSSR count). The van der Waals surface area contributed by atoms with Crippen molar-refractivity contribution < 1.29 is 9.63 Å². The fourth-order valence-electron chi connectivity index (χ4n) is 1.16. The van der Waals surface area contributed by atoms with Gasteiger partial charge in [0.15, 0.2) is 0 Å². The smallest absolute Gasteiger partial charge is 0.280 e. The van der Waals surface area contributed by atoms with E-state index in [4.69, 9.17) is 33.8 Å². The first-order chi connectivity index (χ1) is 7.52. The Hall–Kier alpha value is -0.880. The molecule has 1 heterocycles. The van der Waals surface area contributed by atoms with E-state index in [1.165, 1.54) is 20.4 Å². The Labute approximate surface area is 103 Å². The molecule has 88 valence electrons. The van der Waals surface area contributed by atoms with Gasteiger partial charge >= 0.3 is 0 Å². The minimum atomic E-state index is -0.442. The molecule has 0 unspecified atom stereocenters. The summed E-state index contributed by atoms with van der Waals surface area (Å²) in [5.41, 5.74) is 6.14. The molecule has 0 fully saturated rings. The molecule has 2 N–H and O–H groups in total. The Morgan fingerprint density at radius 1 is 1.62 bits per heavy atom. The van der Waals surface area contributed by atoms with E-state index >= 15 is 0 Å². The van der Waals surface area contributed by atoms with Crippen LogP contribution in [-0.2, 0) is 11.4 Å². The summed E-state index contributed by atoms with van der Waals surface area (Å²) in [4.78, 5) is 20.5. The van der Waals surface area contributed by atoms with Crippen LogP contribution in [0.5, 0.6) is 0 Å². The molecule has 5 nitrogen and oxygen atoms in total. The maximum absolute atomic E-state index is 11.9. The van der Waals surface area contributed by atoms with Crippen molar-refractivity contribution in [2.45, 2.75) is 6.54 Å². The highest BCUT2D eigenvalue weighted by molar-refractivity contribution is 6.35. The van der Waals surface area contributed by atoms with Gasteiger partial charge in [-0.1, -0.05) is 23.2 Å². The van der Waals surface area contributed by atoms with Crippen LogP contribution >= 0.6 is 23.2 Å². The van der Waals surface area contributed by atoms with Gasteiger partial charge < -0.3 is 5.73 Å². The van der Waals surface area contributed by atoms with Gasteiger partial charge in [0.2, 0.25) is 0 Å². The van der Waals surface area contributed by atoms with Crippen LogP contribution in [-0.4, -0.2) is 30.1 Å². The Morgan fingerprint density at radius 3 is 2.75 bits per heavy atom. The van der Waals surface area contributed by atoms with E-state index in [1.807, 2.05) is 0 Å². The summed E-state index contributed by atoms with van der Waals surface area (Å²) in [6, 6.07) is 0. The molecule has 0 spiro atoms. The molecule has 0 aliphatic rings. The number of carbonyl (C=O) groups excluding carboxylic acids is 1. The third-order valence-electron chi connectivity index (χ3n) is 2.07. The summed E-state index contributed by atoms with van der Waals surface area (Å²) in [5.74, 6) is -0.442. The van der Waals surface area contributed by atoms with Crippen LogP contribution in [0.25, 0.3) is 0 Å². The van der Waals surface area contributed by atoms with Crippen LogP contribution in [0.15, 0.2) is 6.20 Å². The first-order valence-electron chi connectivity index (χ1n) is 4.38. The summed E-state index contributed by atoms with van der Waals surface area (Å²) < 4.78 is 0. The van der Waals surface area contributed by atoms with Gasteiger partial charge in [-0.25, -0.2) is 10.0 Å². The van der Waals surface area contributed by atoms with Gasteiger partial charge in [0, 0.05) is 25.4 Å². The number of aromatic nitrogens is 1. The van der Waals surface area contributed by atoms with E-state index in [2.05, 4.69) is 4.98 Å². The lowest BCUT2D eigenvalue weighted by molar-refractivity contribution is -0.0757. The lowest BCUT2D eigenvalue weighted by Crippen LogP contribution is -2.27. The van der Waals surface area contributed by atoms with Gasteiger partial charge in [-0.15, -0.1) is 0 Å². The lowest BCUT2D eigenvalue weighted by atomic mass is 10.1. The molecular weight excluding hydrogens is 253 g/mol. The SMILES string of the molecule is CON(C)C(=O)c1c(Cl)ncc(Cl)c1CN. The molecule has 1 aromatic rings. The highest BCUT2D eigenvalue weighted by Crippen LogP contribution is 2.25. The molecule has 0 bridgehead atoms. The third-order valence-corrected chi connectivity index (χ3v) is 2.68. The molecule has 16 heavy (non-hydrogen) atoms.